The molecule has 3 aromatic rings. The molecule has 4 nitrogen and oxygen atoms in total. The highest BCUT2D eigenvalue weighted by Crippen LogP contribution is 2.28. The summed E-state index contributed by atoms with van der Waals surface area (Å²) in [5.41, 5.74) is 2.39. The van der Waals surface area contributed by atoms with E-state index in [4.69, 9.17) is 16.7 Å². The van der Waals surface area contributed by atoms with Gasteiger partial charge in [0, 0.05) is 11.5 Å². The summed E-state index contributed by atoms with van der Waals surface area (Å²) in [7, 11) is 0. The molecule has 0 aliphatic heterocycles. The molecule has 1 unspecified atom stereocenters. The molecule has 0 radical (unpaired) electrons. The van der Waals surface area contributed by atoms with Gasteiger partial charge in [-0.2, -0.15) is 5.10 Å². The van der Waals surface area contributed by atoms with E-state index in [1.807, 2.05) is 66.7 Å². The number of para-hydroxylation sites is 1. The van der Waals surface area contributed by atoms with Gasteiger partial charge in [-0.15, -0.1) is 11.6 Å². The first-order chi connectivity index (χ1) is 12.4. The molecule has 0 saturated carbocycles. The maximum absolute atomic E-state index is 12.7. The van der Waals surface area contributed by atoms with E-state index in [1.165, 1.54) is 0 Å². The summed E-state index contributed by atoms with van der Waals surface area (Å²) in [5.74, 6) is 0.322. The third-order valence-electron chi connectivity index (χ3n) is 4.05. The molecule has 2 aromatic carbocycles. The zero-order valence-corrected chi connectivity index (χ0v) is 15.9. The van der Waals surface area contributed by atoms with Crippen LogP contribution in [0, 0.1) is 0 Å². The zero-order chi connectivity index (χ0) is 18.7. The zero-order valence-electron chi connectivity index (χ0n) is 15.1. The van der Waals surface area contributed by atoms with Gasteiger partial charge in [0.2, 0.25) is 5.91 Å². The second-order valence-corrected chi connectivity index (χ2v) is 7.61. The number of halogens is 1. The highest BCUT2D eigenvalue weighted by molar-refractivity contribution is 6.32. The van der Waals surface area contributed by atoms with Crippen molar-refractivity contribution in [1.29, 1.82) is 0 Å². The Labute approximate surface area is 158 Å². The molecule has 0 spiro atoms. The smallest absolute Gasteiger partial charge is 0.248 e. The van der Waals surface area contributed by atoms with Crippen LogP contribution < -0.4 is 5.32 Å². The third-order valence-corrected chi connectivity index (χ3v) is 4.50. The van der Waals surface area contributed by atoms with Crippen molar-refractivity contribution in [2.24, 2.45) is 0 Å². The van der Waals surface area contributed by atoms with Crippen molar-refractivity contribution < 1.29 is 4.79 Å². The van der Waals surface area contributed by atoms with Crippen LogP contribution >= 0.6 is 11.6 Å². The summed E-state index contributed by atoms with van der Waals surface area (Å²) >= 11 is 6.36. The van der Waals surface area contributed by atoms with Gasteiger partial charge in [0.15, 0.2) is 0 Å². The molecule has 0 aliphatic carbocycles. The number of amides is 1. The number of benzene rings is 2. The second kappa shape index (κ2) is 7.34. The number of aromatic nitrogens is 2. The normalized spacial score (nSPS) is 12.6. The van der Waals surface area contributed by atoms with Gasteiger partial charge in [0.25, 0.3) is 0 Å². The molecule has 1 heterocycles. The van der Waals surface area contributed by atoms with Crippen LogP contribution in [0.25, 0.3) is 5.69 Å². The van der Waals surface area contributed by atoms with Gasteiger partial charge >= 0.3 is 0 Å². The van der Waals surface area contributed by atoms with Gasteiger partial charge in [0.1, 0.15) is 11.2 Å². The fraction of sp³-hybridized carbons (Fsp3) is 0.238. The molecule has 0 saturated heterocycles. The summed E-state index contributed by atoms with van der Waals surface area (Å²) in [6.07, 6.45) is 0. The van der Waals surface area contributed by atoms with E-state index in [0.717, 1.165) is 16.9 Å². The molecule has 0 fully saturated rings. The van der Waals surface area contributed by atoms with E-state index in [1.54, 1.807) is 4.68 Å². The van der Waals surface area contributed by atoms with E-state index in [-0.39, 0.29) is 11.3 Å². The molecule has 0 bridgehead atoms. The van der Waals surface area contributed by atoms with Gasteiger partial charge in [-0.25, -0.2) is 4.68 Å². The summed E-state index contributed by atoms with van der Waals surface area (Å²) in [5, 5.41) is 6.86. The maximum Gasteiger partial charge on any atom is 0.248 e. The summed E-state index contributed by atoms with van der Waals surface area (Å²) < 4.78 is 1.74. The number of hydrogen-bond donors (Lipinski definition) is 1. The van der Waals surface area contributed by atoms with E-state index in [0.29, 0.717) is 5.82 Å². The van der Waals surface area contributed by atoms with Crippen LogP contribution in [0.5, 0.6) is 0 Å². The Morgan fingerprint density at radius 3 is 2.19 bits per heavy atom. The Morgan fingerprint density at radius 1 is 1.04 bits per heavy atom. The molecule has 0 aliphatic rings. The van der Waals surface area contributed by atoms with Crippen LogP contribution in [-0.2, 0) is 10.2 Å². The number of hydrogen-bond acceptors (Lipinski definition) is 2. The minimum absolute atomic E-state index is 0.140. The summed E-state index contributed by atoms with van der Waals surface area (Å²) in [4.78, 5) is 12.7. The number of carbonyl (C=O) groups excluding carboxylic acids is 1. The van der Waals surface area contributed by atoms with Crippen LogP contribution in [0.4, 0.5) is 5.82 Å². The quantitative estimate of drug-likeness (QED) is 0.653. The van der Waals surface area contributed by atoms with Crippen molar-refractivity contribution in [3.05, 3.63) is 78.0 Å². The molecule has 134 valence electrons. The highest BCUT2D eigenvalue weighted by atomic mass is 35.5. The molecule has 1 amide bonds. The van der Waals surface area contributed by atoms with E-state index in [2.05, 4.69) is 26.1 Å². The van der Waals surface area contributed by atoms with E-state index < -0.39 is 5.38 Å². The van der Waals surface area contributed by atoms with Gasteiger partial charge in [0.05, 0.1) is 11.4 Å². The van der Waals surface area contributed by atoms with Gasteiger partial charge in [-0.1, -0.05) is 69.3 Å². The van der Waals surface area contributed by atoms with Crippen molar-refractivity contribution in [2.75, 3.05) is 5.32 Å². The number of carbonyl (C=O) groups is 1. The standard InChI is InChI=1S/C21H22ClN3O/c1-21(2,3)17-14-18(25(24-17)16-12-8-5-9-13-16)23-20(26)19(22)15-10-6-4-7-11-15/h4-14,19H,1-3H3,(H,23,26). The van der Waals surface area contributed by atoms with E-state index >= 15 is 0 Å². The first-order valence-corrected chi connectivity index (χ1v) is 8.96. The molecular formula is C21H22ClN3O. The average molecular weight is 368 g/mol. The molecule has 1 N–H and O–H groups in total. The Bertz CT molecular complexity index is 883. The largest absolute Gasteiger partial charge is 0.309 e. The molecule has 1 atom stereocenters. The van der Waals surface area contributed by atoms with Crippen molar-refractivity contribution in [3.63, 3.8) is 0 Å². The lowest BCUT2D eigenvalue weighted by atomic mass is 9.92. The third kappa shape index (κ3) is 3.97. The summed E-state index contributed by atoms with van der Waals surface area (Å²) in [6, 6.07) is 20.9. The Hall–Kier alpha value is -2.59. The maximum atomic E-state index is 12.7. The number of nitrogens with one attached hydrogen (secondary N) is 1. The SMILES string of the molecule is CC(C)(C)c1cc(NC(=O)C(Cl)c2ccccc2)n(-c2ccccc2)n1. The van der Waals surface area contributed by atoms with Crippen LogP contribution in [0.2, 0.25) is 0 Å². The first-order valence-electron chi connectivity index (χ1n) is 8.52. The number of rotatable bonds is 4. The minimum Gasteiger partial charge on any atom is -0.309 e. The lowest BCUT2D eigenvalue weighted by molar-refractivity contribution is -0.116. The highest BCUT2D eigenvalue weighted by Gasteiger charge is 2.24. The molecule has 26 heavy (non-hydrogen) atoms. The number of alkyl halides is 1. The van der Waals surface area contributed by atoms with Crippen LogP contribution in [0.1, 0.15) is 37.4 Å². The fourth-order valence-corrected chi connectivity index (χ4v) is 2.77. The molecule has 3 rings (SSSR count). The van der Waals surface area contributed by atoms with Crippen molar-refractivity contribution >= 4 is 23.3 Å². The molecule has 1 aromatic heterocycles. The van der Waals surface area contributed by atoms with Gasteiger partial charge in [-0.3, -0.25) is 4.79 Å². The van der Waals surface area contributed by atoms with Gasteiger partial charge in [-0.05, 0) is 17.7 Å². The van der Waals surface area contributed by atoms with E-state index in [9.17, 15) is 4.79 Å². The fourth-order valence-electron chi connectivity index (χ4n) is 2.57. The molecule has 5 heteroatoms. The lowest BCUT2D eigenvalue weighted by Gasteiger charge is -2.14. The van der Waals surface area contributed by atoms with Crippen molar-refractivity contribution in [2.45, 2.75) is 31.6 Å². The van der Waals surface area contributed by atoms with Crippen molar-refractivity contribution in [3.8, 4) is 5.69 Å². The predicted octanol–water partition coefficient (Wildman–Crippen LogP) is 5.09. The number of anilines is 1. The Kier molecular flexibility index (Phi) is 5.14. The molecular weight excluding hydrogens is 346 g/mol. The van der Waals surface area contributed by atoms with Crippen LogP contribution in [-0.4, -0.2) is 15.7 Å². The monoisotopic (exact) mass is 367 g/mol. The lowest BCUT2D eigenvalue weighted by Crippen LogP contribution is -2.19. The summed E-state index contributed by atoms with van der Waals surface area (Å²) in [6.45, 7) is 6.26. The Morgan fingerprint density at radius 2 is 1.62 bits per heavy atom. The first kappa shape index (κ1) is 18.2. The van der Waals surface area contributed by atoms with Crippen LogP contribution in [0.15, 0.2) is 66.7 Å². The minimum atomic E-state index is -0.770. The van der Waals surface area contributed by atoms with Crippen molar-refractivity contribution in [1.82, 2.24) is 9.78 Å². The average Bonchev–Trinajstić information content (AvgIpc) is 3.06. The van der Waals surface area contributed by atoms with Gasteiger partial charge < -0.3 is 5.32 Å². The topological polar surface area (TPSA) is 46.9 Å². The predicted molar refractivity (Wildman–Crippen MR) is 106 cm³/mol. The Balaban J connectivity index is 1.93. The van der Waals surface area contributed by atoms with Crippen LogP contribution in [0.3, 0.4) is 0 Å². The number of nitrogens with zero attached hydrogens (tertiary/aromatic N) is 2. The second-order valence-electron chi connectivity index (χ2n) is 7.17.